The van der Waals surface area contributed by atoms with E-state index < -0.39 is 16.0 Å². The number of hydrogen-bond acceptors (Lipinski definition) is 5. The van der Waals surface area contributed by atoms with Crippen LogP contribution in [0, 0.1) is 0 Å². The van der Waals surface area contributed by atoms with Gasteiger partial charge in [-0.1, -0.05) is 0 Å². The van der Waals surface area contributed by atoms with E-state index in [1.807, 2.05) is 0 Å². The summed E-state index contributed by atoms with van der Waals surface area (Å²) in [6.07, 6.45) is 3.31. The van der Waals surface area contributed by atoms with Gasteiger partial charge < -0.3 is 9.67 Å². The van der Waals surface area contributed by atoms with Crippen molar-refractivity contribution in [3.05, 3.63) is 34.5 Å². The molecular weight excluding hydrogens is 302 g/mol. The van der Waals surface area contributed by atoms with Gasteiger partial charge in [-0.3, -0.25) is 0 Å². The Bertz CT molecular complexity index is 732. The Kier molecular flexibility index (Phi) is 3.93. The summed E-state index contributed by atoms with van der Waals surface area (Å²) in [5.74, 6) is -0.534. The van der Waals surface area contributed by atoms with E-state index in [0.717, 1.165) is 21.7 Å². The van der Waals surface area contributed by atoms with Crippen LogP contribution in [-0.4, -0.2) is 40.4 Å². The molecular formula is C11H13N3O4S2. The Morgan fingerprint density at radius 1 is 1.55 bits per heavy atom. The predicted molar refractivity (Wildman–Crippen MR) is 73.1 cm³/mol. The van der Waals surface area contributed by atoms with E-state index in [1.54, 1.807) is 24.0 Å². The lowest BCUT2D eigenvalue weighted by Gasteiger charge is -2.15. The molecule has 0 amide bonds. The largest absolute Gasteiger partial charge is 0.477 e. The van der Waals surface area contributed by atoms with Crippen molar-refractivity contribution in [2.75, 3.05) is 7.05 Å². The maximum Gasteiger partial charge on any atom is 0.345 e. The molecule has 0 atom stereocenters. The van der Waals surface area contributed by atoms with Gasteiger partial charge >= 0.3 is 5.97 Å². The third-order valence-corrected chi connectivity index (χ3v) is 5.63. The third-order valence-electron chi connectivity index (χ3n) is 2.78. The number of aromatic carboxylic acids is 1. The predicted octanol–water partition coefficient (Wildman–Crippen LogP) is 1.00. The summed E-state index contributed by atoms with van der Waals surface area (Å²) in [5.41, 5.74) is 0. The molecule has 7 nitrogen and oxygen atoms in total. The van der Waals surface area contributed by atoms with Crippen molar-refractivity contribution < 1.29 is 18.3 Å². The molecule has 20 heavy (non-hydrogen) atoms. The maximum atomic E-state index is 12.3. The molecule has 0 aliphatic rings. The van der Waals surface area contributed by atoms with Crippen molar-refractivity contribution in [2.45, 2.75) is 11.4 Å². The number of nitrogens with zero attached hydrogens (tertiary/aromatic N) is 3. The first-order chi connectivity index (χ1) is 9.32. The van der Waals surface area contributed by atoms with Gasteiger partial charge in [-0.05, 0) is 6.07 Å². The summed E-state index contributed by atoms with van der Waals surface area (Å²) in [7, 11) is -0.511. The summed E-state index contributed by atoms with van der Waals surface area (Å²) in [6, 6.07) is 1.16. The van der Waals surface area contributed by atoms with E-state index in [1.165, 1.54) is 12.4 Å². The number of aryl methyl sites for hydroxylation is 1. The van der Waals surface area contributed by atoms with Gasteiger partial charge in [0, 0.05) is 31.9 Å². The average Bonchev–Trinajstić information content (AvgIpc) is 2.99. The van der Waals surface area contributed by atoms with Crippen LogP contribution in [0.25, 0.3) is 0 Å². The van der Waals surface area contributed by atoms with Crippen LogP contribution in [0.1, 0.15) is 15.5 Å². The first-order valence-electron chi connectivity index (χ1n) is 5.56. The third kappa shape index (κ3) is 2.74. The lowest BCUT2D eigenvalue weighted by atomic mass is 10.5. The van der Waals surface area contributed by atoms with Crippen molar-refractivity contribution in [3.63, 3.8) is 0 Å². The van der Waals surface area contributed by atoms with Crippen molar-refractivity contribution in [1.29, 1.82) is 0 Å². The fourth-order valence-electron chi connectivity index (χ4n) is 1.58. The minimum Gasteiger partial charge on any atom is -0.477 e. The van der Waals surface area contributed by atoms with E-state index in [4.69, 9.17) is 5.11 Å². The quantitative estimate of drug-likeness (QED) is 0.888. The number of carboxylic acids is 1. The molecule has 0 bridgehead atoms. The molecule has 0 aromatic carbocycles. The van der Waals surface area contributed by atoms with Crippen LogP contribution < -0.4 is 0 Å². The molecule has 0 radical (unpaired) electrons. The lowest BCUT2D eigenvalue weighted by Crippen LogP contribution is -2.27. The molecule has 2 heterocycles. The zero-order valence-corrected chi connectivity index (χ0v) is 12.5. The summed E-state index contributed by atoms with van der Waals surface area (Å²) < 4.78 is 27.5. The topological polar surface area (TPSA) is 92.5 Å². The number of aromatic nitrogens is 2. The zero-order valence-electron chi connectivity index (χ0n) is 10.8. The SMILES string of the molecule is CN(Cc1nccn1C)S(=O)(=O)c1csc(C(=O)O)c1. The van der Waals surface area contributed by atoms with Crippen LogP contribution in [0.15, 0.2) is 28.7 Å². The van der Waals surface area contributed by atoms with Gasteiger partial charge in [-0.15, -0.1) is 11.3 Å². The molecule has 1 N–H and O–H groups in total. The Morgan fingerprint density at radius 3 is 2.75 bits per heavy atom. The van der Waals surface area contributed by atoms with Crippen LogP contribution in [0.3, 0.4) is 0 Å². The number of hydrogen-bond donors (Lipinski definition) is 1. The second-order valence-electron chi connectivity index (χ2n) is 4.17. The van der Waals surface area contributed by atoms with Gasteiger partial charge in [-0.2, -0.15) is 4.31 Å². The minimum absolute atomic E-state index is 0.00559. The van der Waals surface area contributed by atoms with E-state index in [2.05, 4.69) is 4.98 Å². The fraction of sp³-hybridized carbons (Fsp3) is 0.273. The molecule has 108 valence electrons. The van der Waals surface area contributed by atoms with Gasteiger partial charge in [0.1, 0.15) is 10.7 Å². The molecule has 0 spiro atoms. The van der Waals surface area contributed by atoms with Crippen LogP contribution >= 0.6 is 11.3 Å². The molecule has 2 aromatic heterocycles. The van der Waals surface area contributed by atoms with E-state index in [9.17, 15) is 13.2 Å². The van der Waals surface area contributed by atoms with Crippen molar-refractivity contribution >= 4 is 27.3 Å². The first-order valence-corrected chi connectivity index (χ1v) is 7.88. The fourth-order valence-corrected chi connectivity index (χ4v) is 3.80. The van der Waals surface area contributed by atoms with Crippen molar-refractivity contribution in [1.82, 2.24) is 13.9 Å². The second-order valence-corrected chi connectivity index (χ2v) is 7.12. The smallest absolute Gasteiger partial charge is 0.345 e. The van der Waals surface area contributed by atoms with Crippen LogP contribution in [0.5, 0.6) is 0 Å². The average molecular weight is 315 g/mol. The van der Waals surface area contributed by atoms with E-state index in [0.29, 0.717) is 5.82 Å². The van der Waals surface area contributed by atoms with Gasteiger partial charge in [0.2, 0.25) is 10.0 Å². The van der Waals surface area contributed by atoms with Crippen LogP contribution in [0.2, 0.25) is 0 Å². The van der Waals surface area contributed by atoms with Crippen molar-refractivity contribution in [3.8, 4) is 0 Å². The number of carbonyl (C=O) groups is 1. The number of imidazole rings is 1. The summed E-state index contributed by atoms with van der Waals surface area (Å²) >= 11 is 0.887. The standard InChI is InChI=1S/C11H13N3O4S2/c1-13-4-3-12-10(13)6-14(2)20(17,18)8-5-9(11(15)16)19-7-8/h3-5,7H,6H2,1-2H3,(H,15,16). The van der Waals surface area contributed by atoms with Crippen LogP contribution in [0.4, 0.5) is 0 Å². The summed E-state index contributed by atoms with van der Waals surface area (Å²) in [6.45, 7) is 0.115. The van der Waals surface area contributed by atoms with Gasteiger partial charge in [-0.25, -0.2) is 18.2 Å². The molecule has 2 aromatic rings. The molecule has 2 rings (SSSR count). The molecule has 0 saturated heterocycles. The number of carboxylic acid groups (broad SMARTS) is 1. The van der Waals surface area contributed by atoms with Gasteiger partial charge in [0.15, 0.2) is 0 Å². The summed E-state index contributed by atoms with van der Waals surface area (Å²) in [5, 5.41) is 10.2. The molecule has 0 unspecified atom stereocenters. The van der Waals surface area contributed by atoms with Crippen LogP contribution in [-0.2, 0) is 23.6 Å². The Labute approximate surface area is 120 Å². The number of thiophene rings is 1. The zero-order chi connectivity index (χ0) is 14.9. The Balaban J connectivity index is 2.25. The van der Waals surface area contributed by atoms with Gasteiger partial charge in [0.25, 0.3) is 0 Å². The molecule has 0 fully saturated rings. The monoisotopic (exact) mass is 315 g/mol. The molecule has 0 aliphatic carbocycles. The minimum atomic E-state index is -3.72. The molecule has 9 heteroatoms. The number of sulfonamides is 1. The highest BCUT2D eigenvalue weighted by molar-refractivity contribution is 7.89. The Hall–Kier alpha value is -1.71. The summed E-state index contributed by atoms with van der Waals surface area (Å²) in [4.78, 5) is 14.8. The van der Waals surface area contributed by atoms with Gasteiger partial charge in [0.05, 0.1) is 11.4 Å². The van der Waals surface area contributed by atoms with Crippen molar-refractivity contribution in [2.24, 2.45) is 7.05 Å². The highest BCUT2D eigenvalue weighted by Gasteiger charge is 2.24. The van der Waals surface area contributed by atoms with E-state index in [-0.39, 0.29) is 16.3 Å². The molecule has 0 saturated carbocycles. The highest BCUT2D eigenvalue weighted by atomic mass is 32.2. The second kappa shape index (κ2) is 5.35. The first kappa shape index (κ1) is 14.7. The number of rotatable bonds is 5. The highest BCUT2D eigenvalue weighted by Crippen LogP contribution is 2.22. The maximum absolute atomic E-state index is 12.3. The van der Waals surface area contributed by atoms with E-state index >= 15 is 0 Å². The Morgan fingerprint density at radius 2 is 2.25 bits per heavy atom. The molecule has 0 aliphatic heterocycles. The lowest BCUT2D eigenvalue weighted by molar-refractivity contribution is 0.0702. The normalized spacial score (nSPS) is 11.9.